The molecule has 0 aliphatic rings. The third kappa shape index (κ3) is 4.44. The molecule has 1 amide bonds. The molecule has 0 saturated heterocycles. The zero-order chi connectivity index (χ0) is 24.2. The van der Waals surface area contributed by atoms with Crippen molar-refractivity contribution in [3.05, 3.63) is 109 Å². The maximum absolute atomic E-state index is 13.9. The van der Waals surface area contributed by atoms with Crippen LogP contribution in [0.3, 0.4) is 0 Å². The Kier molecular flexibility index (Phi) is 6.14. The zero-order valence-electron chi connectivity index (χ0n) is 19.5. The third-order valence-corrected chi connectivity index (χ3v) is 5.97. The van der Waals surface area contributed by atoms with Crippen molar-refractivity contribution in [2.45, 2.75) is 0 Å². The molecule has 5 rings (SSSR count). The molecule has 1 heterocycles. The maximum atomic E-state index is 13.9. The number of hydrogen-bond donors (Lipinski definition) is 1. The van der Waals surface area contributed by atoms with Crippen molar-refractivity contribution < 1.29 is 14.3 Å². The first kappa shape index (κ1) is 22.2. The molecule has 5 nitrogen and oxygen atoms in total. The Morgan fingerprint density at radius 2 is 1.23 bits per heavy atom. The van der Waals surface area contributed by atoms with Gasteiger partial charge < -0.3 is 14.8 Å². The molecule has 0 unspecified atom stereocenters. The van der Waals surface area contributed by atoms with Gasteiger partial charge in [0, 0.05) is 11.6 Å². The first-order valence-electron chi connectivity index (χ1n) is 11.2. The van der Waals surface area contributed by atoms with Crippen LogP contribution in [0.5, 0.6) is 11.5 Å². The van der Waals surface area contributed by atoms with E-state index in [0.717, 1.165) is 44.7 Å². The van der Waals surface area contributed by atoms with Gasteiger partial charge >= 0.3 is 0 Å². The number of hydrogen-bond acceptors (Lipinski definition) is 4. The molecular formula is C30H24N2O3. The zero-order valence-corrected chi connectivity index (χ0v) is 19.5. The largest absolute Gasteiger partial charge is 0.497 e. The fourth-order valence-corrected chi connectivity index (χ4v) is 4.21. The molecule has 35 heavy (non-hydrogen) atoms. The van der Waals surface area contributed by atoms with Crippen LogP contribution in [0.2, 0.25) is 0 Å². The van der Waals surface area contributed by atoms with Crippen LogP contribution in [-0.2, 0) is 0 Å². The lowest BCUT2D eigenvalue weighted by molar-refractivity contribution is 0.102. The molecule has 0 aliphatic carbocycles. The third-order valence-electron chi connectivity index (χ3n) is 5.97. The number of para-hydroxylation sites is 1. The summed E-state index contributed by atoms with van der Waals surface area (Å²) in [5.74, 6) is 1.31. The maximum Gasteiger partial charge on any atom is 0.256 e. The van der Waals surface area contributed by atoms with Gasteiger partial charge in [-0.25, -0.2) is 0 Å². The number of benzene rings is 4. The Balaban J connectivity index is 1.65. The lowest BCUT2D eigenvalue weighted by Gasteiger charge is -2.17. The van der Waals surface area contributed by atoms with Crippen molar-refractivity contribution in [2.24, 2.45) is 0 Å². The van der Waals surface area contributed by atoms with Crippen LogP contribution in [-0.4, -0.2) is 25.1 Å². The number of ether oxygens (including phenoxy) is 2. The SMILES string of the molecule is COc1ccc(-c2cccc(-c3ccc(OC)cc3)c2C(=O)Nc2cccc3cccnc23)cc1. The van der Waals surface area contributed by atoms with Crippen LogP contribution in [0.25, 0.3) is 33.2 Å². The van der Waals surface area contributed by atoms with E-state index in [2.05, 4.69) is 10.3 Å². The minimum Gasteiger partial charge on any atom is -0.497 e. The number of carbonyl (C=O) groups excluding carboxylic acids is 1. The lowest BCUT2D eigenvalue weighted by atomic mass is 9.91. The number of methoxy groups -OCH3 is 2. The van der Waals surface area contributed by atoms with Crippen molar-refractivity contribution in [3.8, 4) is 33.8 Å². The molecule has 0 spiro atoms. The van der Waals surface area contributed by atoms with Gasteiger partial charge in [-0.15, -0.1) is 0 Å². The van der Waals surface area contributed by atoms with Crippen LogP contribution in [0, 0.1) is 0 Å². The normalized spacial score (nSPS) is 10.7. The number of carbonyl (C=O) groups is 1. The molecule has 0 fully saturated rings. The lowest BCUT2D eigenvalue weighted by Crippen LogP contribution is -2.15. The van der Waals surface area contributed by atoms with Crippen molar-refractivity contribution in [2.75, 3.05) is 19.5 Å². The summed E-state index contributed by atoms with van der Waals surface area (Å²) < 4.78 is 10.6. The van der Waals surface area contributed by atoms with Gasteiger partial charge in [-0.1, -0.05) is 60.7 Å². The summed E-state index contributed by atoms with van der Waals surface area (Å²) in [4.78, 5) is 18.4. The second-order valence-electron chi connectivity index (χ2n) is 8.02. The first-order valence-corrected chi connectivity index (χ1v) is 11.2. The quantitative estimate of drug-likeness (QED) is 0.301. The smallest absolute Gasteiger partial charge is 0.256 e. The van der Waals surface area contributed by atoms with E-state index in [1.54, 1.807) is 20.4 Å². The molecule has 1 aromatic heterocycles. The Labute approximate surface area is 204 Å². The number of nitrogens with one attached hydrogen (secondary N) is 1. The molecule has 172 valence electrons. The Morgan fingerprint density at radius 1 is 0.686 bits per heavy atom. The monoisotopic (exact) mass is 460 g/mol. The van der Waals surface area contributed by atoms with Crippen LogP contribution in [0.1, 0.15) is 10.4 Å². The van der Waals surface area contributed by atoms with Gasteiger partial charge in [0.05, 0.1) is 31.0 Å². The topological polar surface area (TPSA) is 60.5 Å². The first-order chi connectivity index (χ1) is 17.2. The Hall–Kier alpha value is -4.64. The molecular weight excluding hydrogens is 436 g/mol. The highest BCUT2D eigenvalue weighted by molar-refractivity contribution is 6.15. The number of nitrogens with zero attached hydrogens (tertiary/aromatic N) is 1. The highest BCUT2D eigenvalue weighted by Crippen LogP contribution is 2.35. The van der Waals surface area contributed by atoms with E-state index in [9.17, 15) is 4.79 Å². The summed E-state index contributed by atoms with van der Waals surface area (Å²) in [5, 5.41) is 4.08. The fraction of sp³-hybridized carbons (Fsp3) is 0.0667. The molecule has 0 saturated carbocycles. The van der Waals surface area contributed by atoms with E-state index < -0.39 is 0 Å². The summed E-state index contributed by atoms with van der Waals surface area (Å²) in [6.45, 7) is 0. The molecule has 0 atom stereocenters. The van der Waals surface area contributed by atoms with E-state index in [1.165, 1.54) is 0 Å². The van der Waals surface area contributed by atoms with Gasteiger partial charge in [-0.2, -0.15) is 0 Å². The van der Waals surface area contributed by atoms with Crippen LogP contribution in [0.15, 0.2) is 103 Å². The van der Waals surface area contributed by atoms with Gasteiger partial charge in [0.25, 0.3) is 5.91 Å². The number of rotatable bonds is 6. The highest BCUT2D eigenvalue weighted by atomic mass is 16.5. The van der Waals surface area contributed by atoms with E-state index in [0.29, 0.717) is 11.3 Å². The van der Waals surface area contributed by atoms with Gasteiger partial charge in [0.15, 0.2) is 0 Å². The van der Waals surface area contributed by atoms with Crippen molar-refractivity contribution in [1.29, 1.82) is 0 Å². The summed E-state index contributed by atoms with van der Waals surface area (Å²) in [5.41, 5.74) is 5.48. The minimum absolute atomic E-state index is 0.208. The Morgan fingerprint density at radius 3 is 1.80 bits per heavy atom. The van der Waals surface area contributed by atoms with E-state index in [4.69, 9.17) is 9.47 Å². The Bertz CT molecular complexity index is 1420. The summed E-state index contributed by atoms with van der Waals surface area (Å²) >= 11 is 0. The number of pyridine rings is 1. The standard InChI is InChI=1S/C30H24N2O3/c1-34-23-15-11-20(12-16-23)25-8-4-9-26(21-13-17-24(35-2)18-14-21)28(25)30(33)32-27-10-3-6-22-7-5-19-31-29(22)27/h3-19H,1-2H3,(H,32,33). The van der Waals surface area contributed by atoms with Crippen LogP contribution >= 0.6 is 0 Å². The molecule has 0 radical (unpaired) electrons. The second kappa shape index (κ2) is 9.69. The number of fused-ring (bicyclic) bond motifs is 1. The van der Waals surface area contributed by atoms with Gasteiger partial charge in [-0.3, -0.25) is 9.78 Å². The van der Waals surface area contributed by atoms with E-state index >= 15 is 0 Å². The molecule has 5 aromatic rings. The average molecular weight is 461 g/mol. The van der Waals surface area contributed by atoms with E-state index in [1.807, 2.05) is 97.1 Å². The van der Waals surface area contributed by atoms with Crippen LogP contribution in [0.4, 0.5) is 5.69 Å². The average Bonchev–Trinajstić information content (AvgIpc) is 2.93. The molecule has 0 bridgehead atoms. The second-order valence-corrected chi connectivity index (χ2v) is 8.02. The predicted octanol–water partition coefficient (Wildman–Crippen LogP) is 6.84. The number of anilines is 1. The van der Waals surface area contributed by atoms with Crippen molar-refractivity contribution in [1.82, 2.24) is 4.98 Å². The molecule has 0 aliphatic heterocycles. The van der Waals surface area contributed by atoms with Gasteiger partial charge in [-0.05, 0) is 58.7 Å². The number of amides is 1. The minimum atomic E-state index is -0.208. The van der Waals surface area contributed by atoms with Crippen molar-refractivity contribution >= 4 is 22.5 Å². The van der Waals surface area contributed by atoms with Gasteiger partial charge in [0.1, 0.15) is 11.5 Å². The number of aromatic nitrogens is 1. The molecule has 5 heteroatoms. The summed E-state index contributed by atoms with van der Waals surface area (Å²) in [7, 11) is 3.27. The highest BCUT2D eigenvalue weighted by Gasteiger charge is 2.20. The van der Waals surface area contributed by atoms with Crippen LogP contribution < -0.4 is 14.8 Å². The fourth-order valence-electron chi connectivity index (χ4n) is 4.21. The molecule has 4 aromatic carbocycles. The summed E-state index contributed by atoms with van der Waals surface area (Å²) in [6.07, 6.45) is 1.73. The van der Waals surface area contributed by atoms with Crippen molar-refractivity contribution in [3.63, 3.8) is 0 Å². The predicted molar refractivity (Wildman–Crippen MR) is 140 cm³/mol. The van der Waals surface area contributed by atoms with E-state index in [-0.39, 0.29) is 5.91 Å². The summed E-state index contributed by atoms with van der Waals surface area (Å²) in [6, 6.07) is 30.9. The van der Waals surface area contributed by atoms with Gasteiger partial charge in [0.2, 0.25) is 0 Å². The molecule has 1 N–H and O–H groups in total.